The van der Waals surface area contributed by atoms with Crippen LogP contribution in [0.15, 0.2) is 0 Å². The van der Waals surface area contributed by atoms with Crippen LogP contribution < -0.4 is 0 Å². The molecule has 0 aromatic carbocycles. The highest BCUT2D eigenvalue weighted by Crippen LogP contribution is 2.24. The van der Waals surface area contributed by atoms with E-state index in [1.807, 2.05) is 0 Å². The molecule has 0 aliphatic heterocycles. The smallest absolute Gasteiger partial charge is 0.313 e. The maximum absolute atomic E-state index is 12.1. The van der Waals surface area contributed by atoms with Crippen molar-refractivity contribution in [2.45, 2.75) is 354 Å². The summed E-state index contributed by atoms with van der Waals surface area (Å²) in [6.45, 7) is 2.99. The van der Waals surface area contributed by atoms with Gasteiger partial charge in [0.25, 0.3) is 0 Å². The predicted octanol–water partition coefficient (Wildman–Crippen LogP) is 19.7. The van der Waals surface area contributed by atoms with E-state index in [9.17, 15) is 14.7 Å². The monoisotopic (exact) mass is 919 g/mol. The highest BCUT2D eigenvalue weighted by molar-refractivity contribution is 5.85. The van der Waals surface area contributed by atoms with E-state index >= 15 is 0 Å². The molecule has 0 aliphatic carbocycles. The number of hydrogen-bond donors (Lipinski definition) is 2. The quantitative estimate of drug-likeness (QED) is 0.0361. The van der Waals surface area contributed by atoms with E-state index in [4.69, 9.17) is 9.84 Å². The van der Waals surface area contributed by atoms with Crippen molar-refractivity contribution in [3.8, 4) is 0 Å². The van der Waals surface area contributed by atoms with E-state index in [0.717, 1.165) is 44.4 Å². The van der Waals surface area contributed by atoms with Gasteiger partial charge in [0.2, 0.25) is 0 Å². The second-order valence-electron chi connectivity index (χ2n) is 21.0. The molecule has 388 valence electrons. The molecule has 0 saturated carbocycles. The van der Waals surface area contributed by atoms with Gasteiger partial charge < -0.3 is 14.9 Å². The lowest BCUT2D eigenvalue weighted by Crippen LogP contribution is -2.11. The zero-order valence-electron chi connectivity index (χ0n) is 44.3. The number of carbonyl (C=O) groups excluding carboxylic acids is 2. The summed E-state index contributed by atoms with van der Waals surface area (Å²) in [4.78, 5) is 24.2. The van der Waals surface area contributed by atoms with E-state index in [1.54, 1.807) is 0 Å². The Kier molecular flexibility index (Phi) is 56.5. The van der Waals surface area contributed by atoms with E-state index in [2.05, 4.69) is 6.92 Å². The average Bonchev–Trinajstić information content (AvgIpc) is 3.30. The third kappa shape index (κ3) is 55.5. The van der Waals surface area contributed by atoms with Crippen molar-refractivity contribution in [1.29, 1.82) is 0 Å². The van der Waals surface area contributed by atoms with Crippen LogP contribution in [-0.2, 0) is 14.3 Å². The molecule has 2 N–H and O–H groups in total. The zero-order valence-corrected chi connectivity index (χ0v) is 44.3. The SMILES string of the molecule is CCCCCCCCCCCCCCCCCCCCCCC(=O)OC(=O)CCCCCCCCCCCCCCCCCCCCCC(CCCO)CCCCCCCCCCCO. The maximum Gasteiger partial charge on any atom is 0.313 e. The second kappa shape index (κ2) is 57.4. The summed E-state index contributed by atoms with van der Waals surface area (Å²) in [7, 11) is 0. The molecule has 0 aromatic heterocycles. The minimum absolute atomic E-state index is 0.324. The van der Waals surface area contributed by atoms with Crippen molar-refractivity contribution in [1.82, 2.24) is 0 Å². The van der Waals surface area contributed by atoms with Gasteiger partial charge in [-0.2, -0.15) is 0 Å². The first-order chi connectivity index (χ1) is 32.1. The van der Waals surface area contributed by atoms with E-state index in [-0.39, 0.29) is 11.9 Å². The largest absolute Gasteiger partial charge is 0.396 e. The first kappa shape index (κ1) is 64.1. The molecule has 0 bridgehead atoms. The molecule has 0 fully saturated rings. The topological polar surface area (TPSA) is 83.8 Å². The lowest BCUT2D eigenvalue weighted by Gasteiger charge is -2.16. The summed E-state index contributed by atoms with van der Waals surface area (Å²) >= 11 is 0. The fraction of sp³-hybridized carbons (Fsp3) is 0.967. The first-order valence-electron chi connectivity index (χ1n) is 30.1. The van der Waals surface area contributed by atoms with Gasteiger partial charge in [-0.1, -0.05) is 309 Å². The minimum atomic E-state index is -0.324. The van der Waals surface area contributed by atoms with Gasteiger partial charge in [0.1, 0.15) is 0 Å². The van der Waals surface area contributed by atoms with Gasteiger partial charge in [0.15, 0.2) is 0 Å². The van der Waals surface area contributed by atoms with Crippen molar-refractivity contribution in [3.05, 3.63) is 0 Å². The van der Waals surface area contributed by atoms with Crippen LogP contribution in [0.1, 0.15) is 354 Å². The number of hydrogen-bond acceptors (Lipinski definition) is 5. The number of rotatable bonds is 57. The van der Waals surface area contributed by atoms with Crippen LogP contribution in [0.4, 0.5) is 0 Å². The molecule has 0 heterocycles. The lowest BCUT2D eigenvalue weighted by molar-refractivity contribution is -0.159. The molecule has 0 spiro atoms. The fourth-order valence-electron chi connectivity index (χ4n) is 10.1. The average molecular weight is 920 g/mol. The van der Waals surface area contributed by atoms with Crippen LogP contribution in [0.5, 0.6) is 0 Å². The molecule has 0 radical (unpaired) electrons. The van der Waals surface area contributed by atoms with Gasteiger partial charge in [-0.25, -0.2) is 0 Å². The lowest BCUT2D eigenvalue weighted by atomic mass is 9.90. The summed E-state index contributed by atoms with van der Waals surface area (Å²) in [5.74, 6) is 0.180. The summed E-state index contributed by atoms with van der Waals surface area (Å²) in [6, 6.07) is 0. The van der Waals surface area contributed by atoms with Crippen LogP contribution in [0.2, 0.25) is 0 Å². The van der Waals surface area contributed by atoms with Crippen LogP contribution in [0.3, 0.4) is 0 Å². The molecule has 0 rings (SSSR count). The highest BCUT2D eigenvalue weighted by Gasteiger charge is 2.11. The van der Waals surface area contributed by atoms with E-state index in [1.165, 1.54) is 295 Å². The maximum atomic E-state index is 12.1. The molecule has 65 heavy (non-hydrogen) atoms. The van der Waals surface area contributed by atoms with Crippen LogP contribution >= 0.6 is 0 Å². The molecule has 5 nitrogen and oxygen atoms in total. The van der Waals surface area contributed by atoms with Crippen LogP contribution in [-0.4, -0.2) is 35.4 Å². The number of carbonyl (C=O) groups is 2. The summed E-state index contributed by atoms with van der Waals surface area (Å²) in [6.07, 6.45) is 69.5. The van der Waals surface area contributed by atoms with E-state index in [0.29, 0.717) is 26.1 Å². The molecule has 0 saturated heterocycles. The molecule has 1 atom stereocenters. The highest BCUT2D eigenvalue weighted by atomic mass is 16.6. The Balaban J connectivity index is 3.38. The van der Waals surface area contributed by atoms with Crippen LogP contribution in [0.25, 0.3) is 0 Å². The van der Waals surface area contributed by atoms with Gasteiger partial charge in [-0.15, -0.1) is 0 Å². The predicted molar refractivity (Wildman–Crippen MR) is 284 cm³/mol. The molecule has 0 amide bonds. The Bertz CT molecular complexity index is 906. The summed E-state index contributed by atoms with van der Waals surface area (Å²) < 4.78 is 5.08. The summed E-state index contributed by atoms with van der Waals surface area (Å²) in [5, 5.41) is 18.2. The molecule has 1 unspecified atom stereocenters. The molecule has 0 aromatic rings. The van der Waals surface area contributed by atoms with Crippen LogP contribution in [0, 0.1) is 5.92 Å². The van der Waals surface area contributed by atoms with Crippen molar-refractivity contribution >= 4 is 11.9 Å². The number of ether oxygens (including phenoxy) is 1. The molecule has 0 aliphatic rings. The van der Waals surface area contributed by atoms with Crippen molar-refractivity contribution in [2.75, 3.05) is 13.2 Å². The normalized spacial score (nSPS) is 12.0. The Morgan fingerprint density at radius 3 is 0.723 bits per heavy atom. The van der Waals surface area contributed by atoms with Gasteiger partial charge >= 0.3 is 11.9 Å². The zero-order chi connectivity index (χ0) is 47.0. The standard InChI is InChI=1S/C60H118O5/c1-2-3-4-5-6-7-8-9-10-11-12-15-18-21-24-27-32-37-42-47-54-59(63)65-60(64)55-48-43-38-33-28-25-22-19-16-13-14-17-20-23-26-30-35-40-45-51-58(53-50-57-62)52-46-41-36-31-29-34-39-44-49-56-61/h58,61-62H,2-57H2,1H3. The number of esters is 2. The van der Waals surface area contributed by atoms with Gasteiger partial charge in [-0.3, -0.25) is 9.59 Å². The van der Waals surface area contributed by atoms with Gasteiger partial charge in [0.05, 0.1) is 0 Å². The third-order valence-corrected chi connectivity index (χ3v) is 14.5. The Morgan fingerprint density at radius 2 is 0.477 bits per heavy atom. The Hall–Kier alpha value is -0.940. The van der Waals surface area contributed by atoms with Gasteiger partial charge in [0, 0.05) is 26.1 Å². The molecular formula is C60H118O5. The van der Waals surface area contributed by atoms with Gasteiger partial charge in [-0.05, 0) is 38.0 Å². The number of aliphatic hydroxyl groups excluding tert-OH is 2. The first-order valence-corrected chi connectivity index (χ1v) is 30.1. The summed E-state index contributed by atoms with van der Waals surface area (Å²) in [5.41, 5.74) is 0. The van der Waals surface area contributed by atoms with E-state index < -0.39 is 0 Å². The van der Waals surface area contributed by atoms with Crippen molar-refractivity contribution in [2.24, 2.45) is 5.92 Å². The molecule has 5 heteroatoms. The number of aliphatic hydroxyl groups is 2. The third-order valence-electron chi connectivity index (χ3n) is 14.5. The van der Waals surface area contributed by atoms with Crippen molar-refractivity contribution < 1.29 is 24.5 Å². The molecular weight excluding hydrogens is 801 g/mol. The second-order valence-corrected chi connectivity index (χ2v) is 21.0. The fourth-order valence-corrected chi connectivity index (χ4v) is 10.1. The Morgan fingerprint density at radius 1 is 0.277 bits per heavy atom. The number of unbranched alkanes of at least 4 members (excludes halogenated alkanes) is 45. The van der Waals surface area contributed by atoms with Crippen molar-refractivity contribution in [3.63, 3.8) is 0 Å². The Labute approximate surface area is 407 Å². The minimum Gasteiger partial charge on any atom is -0.396 e.